The molecule has 0 bridgehead atoms. The normalized spacial score (nSPS) is 11.0. The lowest BCUT2D eigenvalue weighted by atomic mass is 10.1. The molecule has 0 heterocycles. The maximum atomic E-state index is 13.8. The van der Waals surface area contributed by atoms with Gasteiger partial charge in [-0.1, -0.05) is 17.7 Å². The highest BCUT2D eigenvalue weighted by Gasteiger charge is 2.29. The van der Waals surface area contributed by atoms with E-state index in [1.807, 2.05) is 6.07 Å². The molecule has 0 saturated carbocycles. The second kappa shape index (κ2) is 12.7. The van der Waals surface area contributed by atoms with Gasteiger partial charge in [-0.2, -0.15) is 0 Å². The fourth-order valence-electron chi connectivity index (χ4n) is 3.63. The van der Waals surface area contributed by atoms with Crippen molar-refractivity contribution in [1.82, 2.24) is 5.32 Å². The smallest absolute Gasteiger partial charge is 0.264 e. The van der Waals surface area contributed by atoms with Gasteiger partial charge < -0.3 is 24.3 Å². The summed E-state index contributed by atoms with van der Waals surface area (Å²) in [7, 11) is 1.55. The second-order valence-corrected chi connectivity index (χ2v) is 10.2. The number of rotatable bonds is 12. The third-order valence-electron chi connectivity index (χ3n) is 5.61. The summed E-state index contributed by atoms with van der Waals surface area (Å²) in [6.07, 6.45) is 0.455. The molecule has 1 amide bonds. The van der Waals surface area contributed by atoms with Gasteiger partial charge in [0.1, 0.15) is 12.4 Å². The summed E-state index contributed by atoms with van der Waals surface area (Å²) in [6.45, 7) is -0.354. The zero-order valence-corrected chi connectivity index (χ0v) is 22.9. The van der Waals surface area contributed by atoms with Gasteiger partial charge in [-0.25, -0.2) is 12.8 Å². The fraction of sp³-hybridized carbons (Fsp3) is 0.269. The zero-order chi connectivity index (χ0) is 27.9. The van der Waals surface area contributed by atoms with Gasteiger partial charge in [0.05, 0.1) is 44.0 Å². The van der Waals surface area contributed by atoms with E-state index in [4.69, 9.17) is 30.5 Å². The number of sulfonamides is 1. The minimum atomic E-state index is -4.30. The number of anilines is 1. The maximum absolute atomic E-state index is 13.8. The number of nitrogens with zero attached hydrogens (tertiary/aromatic N) is 1. The lowest BCUT2D eigenvalue weighted by Crippen LogP contribution is -2.41. The average Bonchev–Trinajstić information content (AvgIpc) is 2.92. The molecule has 0 atom stereocenters. The van der Waals surface area contributed by atoms with Crippen molar-refractivity contribution in [3.8, 4) is 23.0 Å². The van der Waals surface area contributed by atoms with Crippen molar-refractivity contribution in [2.45, 2.75) is 11.3 Å². The molecule has 1 N–H and O–H groups in total. The van der Waals surface area contributed by atoms with Gasteiger partial charge in [0.25, 0.3) is 10.0 Å². The molecule has 0 aliphatic carbocycles. The maximum Gasteiger partial charge on any atom is 0.264 e. The molecule has 0 fully saturated rings. The van der Waals surface area contributed by atoms with Crippen LogP contribution in [-0.2, 0) is 21.2 Å². The van der Waals surface area contributed by atoms with Gasteiger partial charge in [0.2, 0.25) is 5.91 Å². The lowest BCUT2D eigenvalue weighted by molar-refractivity contribution is -0.119. The standard InChI is InChI=1S/C26H28ClFN2O7S/c1-34-22-9-5-17(13-24(22)36-3)11-12-29-26(31)16-30(18-6-8-21(28)20(27)14-18)38(32,33)19-7-10-23(35-2)25(15-19)37-4/h5-10,13-15H,11-12,16H2,1-4H3,(H,29,31). The highest BCUT2D eigenvalue weighted by Crippen LogP contribution is 2.33. The number of amides is 1. The SMILES string of the molecule is COc1ccc(CCNC(=O)CN(c2ccc(F)c(Cl)c2)S(=O)(=O)c2ccc(OC)c(OC)c2)cc1OC. The molecule has 38 heavy (non-hydrogen) atoms. The number of carbonyl (C=O) groups excluding carboxylic acids is 1. The van der Waals surface area contributed by atoms with Gasteiger partial charge in [-0.3, -0.25) is 9.10 Å². The summed E-state index contributed by atoms with van der Waals surface area (Å²) in [6, 6.07) is 12.8. The van der Waals surface area contributed by atoms with E-state index in [-0.39, 0.29) is 27.9 Å². The van der Waals surface area contributed by atoms with E-state index in [1.165, 1.54) is 52.7 Å². The van der Waals surface area contributed by atoms with Gasteiger partial charge in [-0.15, -0.1) is 0 Å². The third kappa shape index (κ3) is 6.59. The summed E-state index contributed by atoms with van der Waals surface area (Å²) in [5.41, 5.74) is 0.893. The van der Waals surface area contributed by atoms with Crippen molar-refractivity contribution < 1.29 is 36.6 Å². The fourth-order valence-corrected chi connectivity index (χ4v) is 5.23. The first kappa shape index (κ1) is 28.9. The van der Waals surface area contributed by atoms with Crippen LogP contribution >= 0.6 is 11.6 Å². The minimum Gasteiger partial charge on any atom is -0.493 e. The second-order valence-electron chi connectivity index (χ2n) is 7.92. The number of halogens is 2. The highest BCUT2D eigenvalue weighted by molar-refractivity contribution is 7.92. The van der Waals surface area contributed by atoms with Crippen LogP contribution in [-0.4, -0.2) is 55.9 Å². The predicted octanol–water partition coefficient (Wildman–Crippen LogP) is 4.07. The lowest BCUT2D eigenvalue weighted by Gasteiger charge is -2.25. The molecular weight excluding hydrogens is 539 g/mol. The highest BCUT2D eigenvalue weighted by atomic mass is 35.5. The topological polar surface area (TPSA) is 103 Å². The number of methoxy groups -OCH3 is 4. The Morgan fingerprint density at radius 1 is 0.868 bits per heavy atom. The monoisotopic (exact) mass is 566 g/mol. The summed E-state index contributed by atoms with van der Waals surface area (Å²) in [4.78, 5) is 12.7. The van der Waals surface area contributed by atoms with Crippen LogP contribution in [0.1, 0.15) is 5.56 Å². The first-order chi connectivity index (χ1) is 18.1. The van der Waals surface area contributed by atoms with Crippen LogP contribution in [0.25, 0.3) is 0 Å². The van der Waals surface area contributed by atoms with Gasteiger partial charge >= 0.3 is 0 Å². The predicted molar refractivity (Wildman–Crippen MR) is 142 cm³/mol. The summed E-state index contributed by atoms with van der Waals surface area (Å²) < 4.78 is 62.9. The molecule has 0 aliphatic rings. The molecule has 3 aromatic rings. The van der Waals surface area contributed by atoms with Gasteiger partial charge in [0.15, 0.2) is 23.0 Å². The molecule has 3 aromatic carbocycles. The minimum absolute atomic E-state index is 0.0150. The molecule has 9 nitrogen and oxygen atoms in total. The number of hydrogen-bond acceptors (Lipinski definition) is 7. The molecule has 0 aromatic heterocycles. The van der Waals surface area contributed by atoms with Crippen molar-refractivity contribution >= 4 is 33.2 Å². The molecule has 0 radical (unpaired) electrons. The number of benzene rings is 3. The molecule has 0 unspecified atom stereocenters. The molecule has 12 heteroatoms. The Hall–Kier alpha value is -3.70. The van der Waals surface area contributed by atoms with Gasteiger partial charge in [0, 0.05) is 12.6 Å². The van der Waals surface area contributed by atoms with Crippen LogP contribution in [0.15, 0.2) is 59.5 Å². The molecule has 3 rings (SSSR count). The van der Waals surface area contributed by atoms with E-state index in [2.05, 4.69) is 5.32 Å². The van der Waals surface area contributed by atoms with E-state index < -0.39 is 28.3 Å². The quantitative estimate of drug-likeness (QED) is 0.352. The summed E-state index contributed by atoms with van der Waals surface area (Å²) in [5.74, 6) is 0.347. The Kier molecular flexibility index (Phi) is 9.65. The first-order valence-electron chi connectivity index (χ1n) is 11.3. The number of hydrogen-bond donors (Lipinski definition) is 1. The summed E-state index contributed by atoms with van der Waals surface area (Å²) in [5, 5.41) is 2.43. The first-order valence-corrected chi connectivity index (χ1v) is 13.1. The van der Waals surface area contributed by atoms with E-state index in [9.17, 15) is 17.6 Å². The van der Waals surface area contributed by atoms with Gasteiger partial charge in [-0.05, 0) is 54.4 Å². The van der Waals surface area contributed by atoms with Crippen molar-refractivity contribution in [3.63, 3.8) is 0 Å². The van der Waals surface area contributed by atoms with Crippen LogP contribution in [0, 0.1) is 5.82 Å². The Bertz CT molecular complexity index is 1400. The Morgan fingerprint density at radius 2 is 1.47 bits per heavy atom. The van der Waals surface area contributed by atoms with Crippen LogP contribution in [0.4, 0.5) is 10.1 Å². The van der Waals surface area contributed by atoms with E-state index in [1.54, 1.807) is 12.1 Å². The van der Waals surface area contributed by atoms with E-state index >= 15 is 0 Å². The van der Waals surface area contributed by atoms with Crippen LogP contribution < -0.4 is 28.6 Å². The Labute approximate surface area is 226 Å². The Balaban J connectivity index is 1.84. The van der Waals surface area contributed by atoms with Crippen molar-refractivity contribution in [1.29, 1.82) is 0 Å². The molecule has 204 valence electrons. The van der Waals surface area contributed by atoms with E-state index in [0.717, 1.165) is 22.0 Å². The molecule has 0 saturated heterocycles. The van der Waals surface area contributed by atoms with E-state index in [0.29, 0.717) is 23.7 Å². The molecule has 0 aliphatic heterocycles. The van der Waals surface area contributed by atoms with Crippen molar-refractivity contribution in [2.75, 3.05) is 45.8 Å². The number of carbonyl (C=O) groups is 1. The van der Waals surface area contributed by atoms with Crippen LogP contribution in [0.3, 0.4) is 0 Å². The number of ether oxygens (including phenoxy) is 4. The third-order valence-corrected chi connectivity index (χ3v) is 7.66. The largest absolute Gasteiger partial charge is 0.493 e. The van der Waals surface area contributed by atoms with Crippen LogP contribution in [0.2, 0.25) is 5.02 Å². The number of nitrogens with one attached hydrogen (secondary N) is 1. The zero-order valence-electron chi connectivity index (χ0n) is 21.3. The Morgan fingerprint density at radius 3 is 2.08 bits per heavy atom. The summed E-state index contributed by atoms with van der Waals surface area (Å²) >= 11 is 5.92. The molecule has 0 spiro atoms. The van der Waals surface area contributed by atoms with Crippen molar-refractivity contribution in [3.05, 3.63) is 71.0 Å². The average molecular weight is 567 g/mol. The van der Waals surface area contributed by atoms with Crippen molar-refractivity contribution in [2.24, 2.45) is 0 Å². The molecular formula is C26H28ClFN2O7S. The van der Waals surface area contributed by atoms with Crippen LogP contribution in [0.5, 0.6) is 23.0 Å².